The Morgan fingerprint density at radius 3 is 2.55 bits per heavy atom. The lowest BCUT2D eigenvalue weighted by Gasteiger charge is -2.21. The SMILES string of the molecule is CC.CNSNc1ccc(Cl)c(Oc2c(C(=O)NC3CC3)c(Nc3ccc(C)cc3F)n(C)c(=O)c2C)n1. The maximum atomic E-state index is 14.7. The van der Waals surface area contributed by atoms with Crippen LogP contribution in [0.5, 0.6) is 11.6 Å². The van der Waals surface area contributed by atoms with Crippen LogP contribution in [0.2, 0.25) is 5.02 Å². The highest BCUT2D eigenvalue weighted by molar-refractivity contribution is 7.98. The molecule has 1 saturated carbocycles. The molecule has 4 N–H and O–H groups in total. The largest absolute Gasteiger partial charge is 0.436 e. The van der Waals surface area contributed by atoms with E-state index >= 15 is 0 Å². The number of amides is 1. The van der Waals surface area contributed by atoms with Crippen LogP contribution in [-0.4, -0.2) is 28.5 Å². The second-order valence-electron chi connectivity index (χ2n) is 8.39. The molecule has 1 amide bonds. The minimum Gasteiger partial charge on any atom is -0.436 e. The summed E-state index contributed by atoms with van der Waals surface area (Å²) in [7, 11) is 3.25. The lowest BCUT2D eigenvalue weighted by atomic mass is 10.1. The highest BCUT2D eigenvalue weighted by Crippen LogP contribution is 2.37. The number of anilines is 3. The number of carbonyl (C=O) groups excluding carboxylic acids is 1. The molecule has 0 atom stereocenters. The summed E-state index contributed by atoms with van der Waals surface area (Å²) >= 11 is 7.54. The first-order valence-electron chi connectivity index (χ1n) is 12.2. The van der Waals surface area contributed by atoms with Crippen LogP contribution in [0.15, 0.2) is 35.1 Å². The lowest BCUT2D eigenvalue weighted by molar-refractivity contribution is 0.0948. The topological polar surface area (TPSA) is 109 Å². The van der Waals surface area contributed by atoms with Crippen molar-refractivity contribution >= 4 is 47.0 Å². The molecule has 0 bridgehead atoms. The zero-order valence-electron chi connectivity index (χ0n) is 22.2. The Balaban J connectivity index is 0.00000195. The van der Waals surface area contributed by atoms with E-state index in [1.54, 1.807) is 45.2 Å². The van der Waals surface area contributed by atoms with Crippen LogP contribution >= 0.6 is 23.7 Å². The van der Waals surface area contributed by atoms with E-state index in [1.165, 1.54) is 29.8 Å². The van der Waals surface area contributed by atoms with Crippen LogP contribution in [0.1, 0.15) is 48.2 Å². The molecule has 0 saturated heterocycles. The maximum absolute atomic E-state index is 14.7. The van der Waals surface area contributed by atoms with Crippen LogP contribution in [0.4, 0.5) is 21.7 Å². The van der Waals surface area contributed by atoms with Gasteiger partial charge in [-0.05, 0) is 63.6 Å². The minimum atomic E-state index is -0.524. The fourth-order valence-electron chi connectivity index (χ4n) is 3.48. The Labute approximate surface area is 230 Å². The number of hydrogen-bond acceptors (Lipinski definition) is 8. The van der Waals surface area contributed by atoms with Gasteiger partial charge in [0, 0.05) is 25.2 Å². The van der Waals surface area contributed by atoms with Gasteiger partial charge in [-0.1, -0.05) is 31.5 Å². The van der Waals surface area contributed by atoms with E-state index in [0.29, 0.717) is 5.82 Å². The van der Waals surface area contributed by atoms with Gasteiger partial charge in [0.2, 0.25) is 5.88 Å². The minimum absolute atomic E-state index is 0.00246. The lowest BCUT2D eigenvalue weighted by Crippen LogP contribution is -2.31. The highest BCUT2D eigenvalue weighted by Gasteiger charge is 2.31. The smallest absolute Gasteiger partial charge is 0.259 e. The van der Waals surface area contributed by atoms with E-state index in [1.807, 2.05) is 13.8 Å². The molecule has 4 rings (SSSR count). The van der Waals surface area contributed by atoms with Crippen molar-refractivity contribution in [3.05, 3.63) is 68.2 Å². The highest BCUT2D eigenvalue weighted by atomic mass is 35.5. The zero-order valence-corrected chi connectivity index (χ0v) is 23.7. The van der Waals surface area contributed by atoms with Gasteiger partial charge in [-0.15, -0.1) is 0 Å². The number of pyridine rings is 2. The van der Waals surface area contributed by atoms with Crippen molar-refractivity contribution in [1.29, 1.82) is 0 Å². The monoisotopic (exact) mass is 562 g/mol. The van der Waals surface area contributed by atoms with Crippen molar-refractivity contribution in [2.75, 3.05) is 17.1 Å². The Bertz CT molecular complexity index is 1380. The molecule has 1 aliphatic carbocycles. The second kappa shape index (κ2) is 13.0. The number of nitrogens with one attached hydrogen (secondary N) is 4. The predicted molar refractivity (Wildman–Crippen MR) is 152 cm³/mol. The van der Waals surface area contributed by atoms with Crippen molar-refractivity contribution in [2.45, 2.75) is 46.6 Å². The summed E-state index contributed by atoms with van der Waals surface area (Å²) < 4.78 is 27.9. The molecule has 1 fully saturated rings. The Hall–Kier alpha value is -3.28. The number of rotatable bonds is 9. The van der Waals surface area contributed by atoms with Crippen molar-refractivity contribution in [1.82, 2.24) is 19.6 Å². The van der Waals surface area contributed by atoms with E-state index in [2.05, 4.69) is 25.1 Å². The molecule has 38 heavy (non-hydrogen) atoms. The molecule has 2 heterocycles. The quantitative estimate of drug-likeness (QED) is 0.241. The van der Waals surface area contributed by atoms with Gasteiger partial charge in [0.05, 0.1) is 11.3 Å². The third kappa shape index (κ3) is 6.77. The van der Waals surface area contributed by atoms with Crippen molar-refractivity contribution < 1.29 is 13.9 Å². The summed E-state index contributed by atoms with van der Waals surface area (Å²) in [4.78, 5) is 31.0. The van der Waals surface area contributed by atoms with Gasteiger partial charge in [0.15, 0.2) is 5.75 Å². The number of ether oxygens (including phenoxy) is 1. The Morgan fingerprint density at radius 2 is 1.92 bits per heavy atom. The van der Waals surface area contributed by atoms with Gasteiger partial charge in [0.1, 0.15) is 28.0 Å². The third-order valence-corrected chi connectivity index (χ3v) is 6.36. The normalized spacial score (nSPS) is 12.3. The summed E-state index contributed by atoms with van der Waals surface area (Å²) in [5.41, 5.74) is 0.630. The van der Waals surface area contributed by atoms with E-state index in [0.717, 1.165) is 18.4 Å². The molecule has 1 aromatic carbocycles. The van der Waals surface area contributed by atoms with Crippen LogP contribution in [-0.2, 0) is 7.05 Å². The average molecular weight is 563 g/mol. The third-order valence-electron chi connectivity index (χ3n) is 5.55. The average Bonchev–Trinajstić information content (AvgIpc) is 3.72. The number of nitrogens with zero attached hydrogens (tertiary/aromatic N) is 2. The van der Waals surface area contributed by atoms with E-state index in [9.17, 15) is 14.0 Å². The van der Waals surface area contributed by atoms with Crippen molar-refractivity contribution in [3.63, 3.8) is 0 Å². The molecule has 3 aromatic rings. The van der Waals surface area contributed by atoms with Crippen LogP contribution in [0, 0.1) is 19.7 Å². The molecule has 1 aliphatic rings. The molecule has 0 radical (unpaired) electrons. The fraction of sp³-hybridized carbons (Fsp3) is 0.346. The Kier molecular flexibility index (Phi) is 10.0. The standard InChI is InChI=1S/C24H26ClFN6O3S.C2H6/c1-12-5-9-17(16(26)11-12)29-21-19(22(33)28-14-6-7-14)20(13(2)24(34)32(21)4)35-23-15(25)8-10-18(30-23)31-36-27-3;1-2/h5,8-11,14,27,29H,6-7H2,1-4H3,(H,28,33)(H,30,31);1-2H3. The first-order valence-corrected chi connectivity index (χ1v) is 13.4. The van der Waals surface area contributed by atoms with Gasteiger partial charge in [-0.3, -0.25) is 14.2 Å². The molecule has 204 valence electrons. The summed E-state index contributed by atoms with van der Waals surface area (Å²) in [5, 5.41) is 6.04. The van der Waals surface area contributed by atoms with Crippen LogP contribution in [0.3, 0.4) is 0 Å². The molecular formula is C26H32ClFN6O3S. The van der Waals surface area contributed by atoms with Gasteiger partial charge < -0.3 is 20.1 Å². The van der Waals surface area contributed by atoms with E-state index < -0.39 is 17.3 Å². The van der Waals surface area contributed by atoms with Crippen molar-refractivity contribution in [3.8, 4) is 11.6 Å². The molecule has 2 aromatic heterocycles. The summed E-state index contributed by atoms with van der Waals surface area (Å²) in [6, 6.07) is 7.91. The predicted octanol–water partition coefficient (Wildman–Crippen LogP) is 5.84. The fourth-order valence-corrected chi connectivity index (χ4v) is 3.95. The molecule has 0 unspecified atom stereocenters. The summed E-state index contributed by atoms with van der Waals surface area (Å²) in [6.45, 7) is 7.32. The van der Waals surface area contributed by atoms with E-state index in [4.69, 9.17) is 16.3 Å². The van der Waals surface area contributed by atoms with Crippen LogP contribution in [0.25, 0.3) is 0 Å². The van der Waals surface area contributed by atoms with Crippen molar-refractivity contribution in [2.24, 2.45) is 7.05 Å². The van der Waals surface area contributed by atoms with Crippen LogP contribution < -0.4 is 30.4 Å². The molecular weight excluding hydrogens is 531 g/mol. The number of halogens is 2. The number of hydrogen-bond donors (Lipinski definition) is 4. The van der Waals surface area contributed by atoms with Gasteiger partial charge in [-0.25, -0.2) is 9.11 Å². The molecule has 9 nitrogen and oxygen atoms in total. The van der Waals surface area contributed by atoms with E-state index in [-0.39, 0.29) is 45.3 Å². The number of benzene rings is 1. The second-order valence-corrected chi connectivity index (χ2v) is 9.62. The Morgan fingerprint density at radius 1 is 1.21 bits per heavy atom. The first-order chi connectivity index (χ1) is 18.2. The summed E-state index contributed by atoms with van der Waals surface area (Å²) in [6.07, 6.45) is 1.71. The number of aromatic nitrogens is 2. The summed E-state index contributed by atoms with van der Waals surface area (Å²) in [5.74, 6) is -0.472. The molecule has 0 spiro atoms. The number of carbonyl (C=O) groups is 1. The molecule has 12 heteroatoms. The first kappa shape index (κ1) is 29.3. The van der Waals surface area contributed by atoms with Gasteiger partial charge >= 0.3 is 0 Å². The maximum Gasteiger partial charge on any atom is 0.259 e. The number of aryl methyl sites for hydroxylation is 1. The van der Waals surface area contributed by atoms with Gasteiger partial charge in [0.25, 0.3) is 11.5 Å². The van der Waals surface area contributed by atoms with Gasteiger partial charge in [-0.2, -0.15) is 4.98 Å². The molecule has 0 aliphatic heterocycles. The zero-order chi connectivity index (χ0) is 28.0.